The van der Waals surface area contributed by atoms with Crippen LogP contribution >= 0.6 is 11.3 Å². The lowest BCUT2D eigenvalue weighted by Crippen LogP contribution is -2.19. The van der Waals surface area contributed by atoms with Crippen LogP contribution in [0, 0.1) is 12.8 Å². The molecule has 0 radical (unpaired) electrons. The molecule has 1 aliphatic rings. The minimum atomic E-state index is -0.456. The lowest BCUT2D eigenvalue weighted by atomic mass is 9.85. The van der Waals surface area contributed by atoms with Crippen LogP contribution in [0.4, 0.5) is 5.00 Å². The summed E-state index contributed by atoms with van der Waals surface area (Å²) in [7, 11) is 0. The number of primary amides is 1. The van der Waals surface area contributed by atoms with Crippen molar-refractivity contribution in [2.45, 2.75) is 39.5 Å². The van der Waals surface area contributed by atoms with Crippen LogP contribution in [0.1, 0.15) is 56.5 Å². The van der Waals surface area contributed by atoms with Gasteiger partial charge in [0.2, 0.25) is 0 Å². The number of aryl methyl sites for hydroxylation is 1. The van der Waals surface area contributed by atoms with Crippen molar-refractivity contribution in [3.63, 3.8) is 0 Å². The summed E-state index contributed by atoms with van der Waals surface area (Å²) in [5.41, 5.74) is 8.76. The first kappa shape index (κ1) is 16.7. The molecule has 0 spiro atoms. The van der Waals surface area contributed by atoms with E-state index in [0.29, 0.717) is 22.0 Å². The van der Waals surface area contributed by atoms with E-state index in [2.05, 4.69) is 12.2 Å². The summed E-state index contributed by atoms with van der Waals surface area (Å²) in [5.74, 6) is -0.00831. The average Bonchev–Trinajstić information content (AvgIpc) is 2.91. The first-order valence-electron chi connectivity index (χ1n) is 8.32. The molecule has 1 unspecified atom stereocenters. The van der Waals surface area contributed by atoms with Crippen molar-refractivity contribution < 1.29 is 9.59 Å². The van der Waals surface area contributed by atoms with Gasteiger partial charge in [0.25, 0.3) is 11.8 Å². The third-order valence-electron chi connectivity index (χ3n) is 4.70. The van der Waals surface area contributed by atoms with Gasteiger partial charge in [0.15, 0.2) is 0 Å². The van der Waals surface area contributed by atoms with Crippen LogP contribution in [-0.4, -0.2) is 11.8 Å². The number of nitrogens with two attached hydrogens (primary N) is 1. The highest BCUT2D eigenvalue weighted by molar-refractivity contribution is 7.17. The highest BCUT2D eigenvalue weighted by Crippen LogP contribution is 2.40. The van der Waals surface area contributed by atoms with E-state index in [1.807, 2.05) is 25.1 Å². The third-order valence-corrected chi connectivity index (χ3v) is 5.87. The quantitative estimate of drug-likeness (QED) is 0.884. The molecule has 0 bridgehead atoms. The Kier molecular flexibility index (Phi) is 4.71. The van der Waals surface area contributed by atoms with E-state index in [0.717, 1.165) is 36.8 Å². The Hall–Kier alpha value is -2.14. The van der Waals surface area contributed by atoms with Gasteiger partial charge < -0.3 is 11.1 Å². The summed E-state index contributed by atoms with van der Waals surface area (Å²) in [6, 6.07) is 7.40. The van der Waals surface area contributed by atoms with Crippen LogP contribution in [0.15, 0.2) is 24.3 Å². The summed E-state index contributed by atoms with van der Waals surface area (Å²) in [6.07, 6.45) is 4.04. The number of hydrogen-bond donors (Lipinski definition) is 2. The molecule has 1 heterocycles. The van der Waals surface area contributed by atoms with Crippen LogP contribution in [0.3, 0.4) is 0 Å². The molecule has 0 fully saturated rings. The smallest absolute Gasteiger partial charge is 0.256 e. The molecule has 0 saturated carbocycles. The number of carbonyl (C=O) groups excluding carboxylic acids is 2. The van der Waals surface area contributed by atoms with Gasteiger partial charge in [-0.2, -0.15) is 0 Å². The van der Waals surface area contributed by atoms with Gasteiger partial charge in [-0.3, -0.25) is 9.59 Å². The molecular formula is C19H22N2O2S. The molecule has 3 rings (SSSR count). The van der Waals surface area contributed by atoms with Crippen LogP contribution < -0.4 is 11.1 Å². The standard InChI is InChI=1S/C19H22N2O2S/c1-3-12-7-8-14-15(10-12)24-19(16(14)17(20)22)21-18(23)13-6-4-5-11(2)9-13/h4-6,9,12H,3,7-8,10H2,1-2H3,(H2,20,22)(H,21,23). The summed E-state index contributed by atoms with van der Waals surface area (Å²) < 4.78 is 0. The Balaban J connectivity index is 1.92. The van der Waals surface area contributed by atoms with Crippen molar-refractivity contribution >= 4 is 28.2 Å². The summed E-state index contributed by atoms with van der Waals surface area (Å²) in [5, 5.41) is 3.50. The number of carbonyl (C=O) groups is 2. The minimum Gasteiger partial charge on any atom is -0.365 e. The molecule has 4 nitrogen and oxygen atoms in total. The van der Waals surface area contributed by atoms with Gasteiger partial charge in [-0.1, -0.05) is 31.0 Å². The maximum Gasteiger partial charge on any atom is 0.256 e. The molecule has 126 valence electrons. The SMILES string of the molecule is CCC1CCc2c(sc(NC(=O)c3cccc(C)c3)c2C(N)=O)C1. The highest BCUT2D eigenvalue weighted by Gasteiger charge is 2.28. The number of anilines is 1. The van der Waals surface area contributed by atoms with E-state index in [9.17, 15) is 9.59 Å². The fourth-order valence-corrected chi connectivity index (χ4v) is 4.68. The summed E-state index contributed by atoms with van der Waals surface area (Å²) in [6.45, 7) is 4.14. The van der Waals surface area contributed by atoms with Crippen LogP contribution in [0.5, 0.6) is 0 Å². The van der Waals surface area contributed by atoms with Gasteiger partial charge in [-0.15, -0.1) is 11.3 Å². The molecule has 1 aromatic carbocycles. The molecule has 1 aliphatic carbocycles. The van der Waals surface area contributed by atoms with Crippen molar-refractivity contribution in [2.75, 3.05) is 5.32 Å². The predicted molar refractivity (Wildman–Crippen MR) is 97.8 cm³/mol. The van der Waals surface area contributed by atoms with Crippen molar-refractivity contribution in [1.82, 2.24) is 0 Å². The number of rotatable bonds is 4. The predicted octanol–water partition coefficient (Wildman–Crippen LogP) is 3.92. The molecule has 3 N–H and O–H groups in total. The van der Waals surface area contributed by atoms with E-state index in [1.165, 1.54) is 16.2 Å². The number of thiophene rings is 1. The second kappa shape index (κ2) is 6.77. The number of hydrogen-bond acceptors (Lipinski definition) is 3. The van der Waals surface area contributed by atoms with Gasteiger partial charge in [0.1, 0.15) is 5.00 Å². The van der Waals surface area contributed by atoms with Crippen LogP contribution in [-0.2, 0) is 12.8 Å². The van der Waals surface area contributed by atoms with Crippen molar-refractivity contribution in [3.05, 3.63) is 51.4 Å². The highest BCUT2D eigenvalue weighted by atomic mass is 32.1. The Morgan fingerprint density at radius 1 is 1.38 bits per heavy atom. The van der Waals surface area contributed by atoms with Gasteiger partial charge >= 0.3 is 0 Å². The van der Waals surface area contributed by atoms with Gasteiger partial charge in [-0.05, 0) is 49.8 Å². The molecule has 2 aromatic rings. The van der Waals surface area contributed by atoms with E-state index in [1.54, 1.807) is 6.07 Å². The van der Waals surface area contributed by atoms with Crippen LogP contribution in [0.2, 0.25) is 0 Å². The van der Waals surface area contributed by atoms with E-state index in [-0.39, 0.29) is 5.91 Å². The first-order valence-corrected chi connectivity index (χ1v) is 9.13. The molecule has 24 heavy (non-hydrogen) atoms. The number of benzene rings is 1. The Morgan fingerprint density at radius 3 is 2.83 bits per heavy atom. The number of nitrogens with one attached hydrogen (secondary N) is 1. The second-order valence-corrected chi connectivity index (χ2v) is 7.52. The van der Waals surface area contributed by atoms with Gasteiger partial charge in [0, 0.05) is 10.4 Å². The van der Waals surface area contributed by atoms with E-state index in [4.69, 9.17) is 5.73 Å². The monoisotopic (exact) mass is 342 g/mol. The van der Waals surface area contributed by atoms with Gasteiger partial charge in [-0.25, -0.2) is 0 Å². The number of fused-ring (bicyclic) bond motifs is 1. The molecule has 5 heteroatoms. The zero-order chi connectivity index (χ0) is 17.3. The zero-order valence-corrected chi connectivity index (χ0v) is 14.8. The fourth-order valence-electron chi connectivity index (χ4n) is 3.31. The molecule has 1 aromatic heterocycles. The molecule has 0 saturated heterocycles. The lowest BCUT2D eigenvalue weighted by molar-refractivity contribution is 0.1000. The maximum absolute atomic E-state index is 12.5. The number of amides is 2. The summed E-state index contributed by atoms with van der Waals surface area (Å²) in [4.78, 5) is 25.7. The first-order chi connectivity index (χ1) is 11.5. The zero-order valence-electron chi connectivity index (χ0n) is 14.0. The molecular weight excluding hydrogens is 320 g/mol. The average molecular weight is 342 g/mol. The largest absolute Gasteiger partial charge is 0.365 e. The third kappa shape index (κ3) is 3.22. The Bertz CT molecular complexity index is 795. The molecule has 2 amide bonds. The molecule has 1 atom stereocenters. The lowest BCUT2D eigenvalue weighted by Gasteiger charge is -2.20. The van der Waals surface area contributed by atoms with E-state index >= 15 is 0 Å². The Labute approximate surface area is 146 Å². The van der Waals surface area contributed by atoms with Crippen molar-refractivity contribution in [1.29, 1.82) is 0 Å². The Morgan fingerprint density at radius 2 is 2.17 bits per heavy atom. The molecule has 0 aliphatic heterocycles. The maximum atomic E-state index is 12.5. The summed E-state index contributed by atoms with van der Waals surface area (Å²) >= 11 is 1.50. The minimum absolute atomic E-state index is 0.202. The van der Waals surface area contributed by atoms with E-state index < -0.39 is 5.91 Å². The topological polar surface area (TPSA) is 72.2 Å². The van der Waals surface area contributed by atoms with Gasteiger partial charge in [0.05, 0.1) is 5.56 Å². The second-order valence-electron chi connectivity index (χ2n) is 6.41. The normalized spacial score (nSPS) is 16.5. The van der Waals surface area contributed by atoms with Crippen molar-refractivity contribution in [3.8, 4) is 0 Å². The fraction of sp³-hybridized carbons (Fsp3) is 0.368. The van der Waals surface area contributed by atoms with Crippen LogP contribution in [0.25, 0.3) is 0 Å². The van der Waals surface area contributed by atoms with Crippen molar-refractivity contribution in [2.24, 2.45) is 11.7 Å².